The maximum Gasteiger partial charge on any atom is 0.318 e. The summed E-state index contributed by atoms with van der Waals surface area (Å²) >= 11 is 0. The number of hydrogen-bond acceptors (Lipinski definition) is 5. The van der Waals surface area contributed by atoms with Gasteiger partial charge in [-0.1, -0.05) is 13.8 Å². The molecule has 3 fully saturated rings. The Balaban J connectivity index is 1.68. The molecule has 3 rings (SSSR count). The Labute approximate surface area is 147 Å². The maximum atomic E-state index is 13.0. The van der Waals surface area contributed by atoms with Crippen LogP contribution in [0.15, 0.2) is 0 Å². The number of likely N-dealkylation sites (tertiary alicyclic amines) is 1. The number of Topliss-reactive ketones (excluding diaryl/α,β-unsaturated/α-hetero) is 1. The van der Waals surface area contributed by atoms with E-state index in [0.29, 0.717) is 45.7 Å². The van der Waals surface area contributed by atoms with E-state index >= 15 is 0 Å². The van der Waals surface area contributed by atoms with Gasteiger partial charge < -0.3 is 24.6 Å². The third kappa shape index (κ3) is 3.95. The van der Waals surface area contributed by atoms with E-state index in [1.54, 1.807) is 9.80 Å². The highest BCUT2D eigenvalue weighted by Crippen LogP contribution is 2.28. The second-order valence-corrected chi connectivity index (χ2v) is 7.31. The number of urea groups is 1. The van der Waals surface area contributed by atoms with Crippen LogP contribution in [0.1, 0.15) is 26.7 Å². The van der Waals surface area contributed by atoms with Gasteiger partial charge in [0.25, 0.3) is 0 Å². The summed E-state index contributed by atoms with van der Waals surface area (Å²) in [5.41, 5.74) is 0. The largest absolute Gasteiger partial charge is 0.378 e. The first kappa shape index (κ1) is 18.1. The van der Waals surface area contributed by atoms with Crippen LogP contribution in [0.3, 0.4) is 0 Å². The van der Waals surface area contributed by atoms with E-state index in [9.17, 15) is 14.4 Å². The molecule has 3 aliphatic rings. The fourth-order valence-corrected chi connectivity index (χ4v) is 3.74. The third-order valence-corrected chi connectivity index (χ3v) is 5.00. The Hall–Kier alpha value is -1.67. The van der Waals surface area contributed by atoms with E-state index in [-0.39, 0.29) is 36.4 Å². The second-order valence-electron chi connectivity index (χ2n) is 7.31. The third-order valence-electron chi connectivity index (χ3n) is 5.00. The molecular formula is C17H27N3O5. The lowest BCUT2D eigenvalue weighted by atomic mass is 10.0. The summed E-state index contributed by atoms with van der Waals surface area (Å²) in [5.74, 6) is 0.0215. The van der Waals surface area contributed by atoms with Crippen molar-refractivity contribution in [1.29, 1.82) is 0 Å². The maximum absolute atomic E-state index is 13.0. The molecule has 0 unspecified atom stereocenters. The minimum atomic E-state index is -0.623. The summed E-state index contributed by atoms with van der Waals surface area (Å²) in [7, 11) is 0. The second kappa shape index (κ2) is 7.70. The summed E-state index contributed by atoms with van der Waals surface area (Å²) in [6.07, 6.45) is 1.03. The predicted molar refractivity (Wildman–Crippen MR) is 89.0 cm³/mol. The number of nitrogens with one attached hydrogen (secondary N) is 1. The van der Waals surface area contributed by atoms with Gasteiger partial charge in [0, 0.05) is 19.6 Å². The first-order valence-electron chi connectivity index (χ1n) is 9.05. The van der Waals surface area contributed by atoms with Gasteiger partial charge in [0.1, 0.15) is 18.7 Å². The summed E-state index contributed by atoms with van der Waals surface area (Å²) in [6.45, 7) is 6.67. The molecule has 0 bridgehead atoms. The van der Waals surface area contributed by atoms with Crippen LogP contribution >= 0.6 is 0 Å². The van der Waals surface area contributed by atoms with Crippen LogP contribution in [0.2, 0.25) is 0 Å². The Kier molecular flexibility index (Phi) is 5.58. The highest BCUT2D eigenvalue weighted by Gasteiger charge is 2.48. The van der Waals surface area contributed by atoms with E-state index < -0.39 is 12.1 Å². The Morgan fingerprint density at radius 1 is 1.24 bits per heavy atom. The summed E-state index contributed by atoms with van der Waals surface area (Å²) in [5, 5.41) is 2.88. The van der Waals surface area contributed by atoms with Crippen molar-refractivity contribution in [3.05, 3.63) is 0 Å². The number of amides is 3. The van der Waals surface area contributed by atoms with E-state index in [1.165, 1.54) is 0 Å². The zero-order valence-electron chi connectivity index (χ0n) is 14.9. The van der Waals surface area contributed by atoms with Gasteiger partial charge in [-0.25, -0.2) is 4.79 Å². The number of nitrogens with zero attached hydrogens (tertiary/aromatic N) is 2. The van der Waals surface area contributed by atoms with Gasteiger partial charge in [-0.15, -0.1) is 0 Å². The molecule has 0 saturated carbocycles. The molecule has 3 saturated heterocycles. The molecule has 0 aromatic heterocycles. The SMILES string of the molecule is CC(C)C[C@H](NC(=O)N1CCOCC1)C(=O)N1CC[C@H]2OCC(=O)[C@H]21. The van der Waals surface area contributed by atoms with E-state index in [0.717, 1.165) is 0 Å². The molecule has 3 aliphatic heterocycles. The number of morpholine rings is 1. The molecular weight excluding hydrogens is 326 g/mol. The van der Waals surface area contributed by atoms with Crippen molar-refractivity contribution >= 4 is 17.7 Å². The van der Waals surface area contributed by atoms with Gasteiger partial charge in [-0.05, 0) is 18.8 Å². The van der Waals surface area contributed by atoms with Crippen molar-refractivity contribution in [3.8, 4) is 0 Å². The highest BCUT2D eigenvalue weighted by atomic mass is 16.5. The summed E-state index contributed by atoms with van der Waals surface area (Å²) < 4.78 is 10.7. The van der Waals surface area contributed by atoms with E-state index in [1.807, 2.05) is 13.8 Å². The number of hydrogen-bond donors (Lipinski definition) is 1. The quantitative estimate of drug-likeness (QED) is 0.769. The van der Waals surface area contributed by atoms with Crippen LogP contribution in [0.25, 0.3) is 0 Å². The molecule has 140 valence electrons. The Morgan fingerprint density at radius 3 is 2.64 bits per heavy atom. The fourth-order valence-electron chi connectivity index (χ4n) is 3.74. The molecule has 8 heteroatoms. The molecule has 3 amide bonds. The van der Waals surface area contributed by atoms with Crippen LogP contribution in [-0.2, 0) is 19.1 Å². The van der Waals surface area contributed by atoms with Crippen molar-refractivity contribution in [2.45, 2.75) is 44.9 Å². The first-order chi connectivity index (χ1) is 12.0. The predicted octanol–water partition coefficient (Wildman–Crippen LogP) is 0.0117. The van der Waals surface area contributed by atoms with Gasteiger partial charge in [0.15, 0.2) is 5.78 Å². The number of rotatable bonds is 4. The van der Waals surface area contributed by atoms with Crippen LogP contribution < -0.4 is 5.32 Å². The van der Waals surface area contributed by atoms with Crippen LogP contribution in [0.4, 0.5) is 4.79 Å². The van der Waals surface area contributed by atoms with E-state index in [2.05, 4.69) is 5.32 Å². The number of ether oxygens (including phenoxy) is 2. The number of fused-ring (bicyclic) bond motifs is 1. The molecule has 3 heterocycles. The van der Waals surface area contributed by atoms with Gasteiger partial charge in [0.2, 0.25) is 5.91 Å². The molecule has 8 nitrogen and oxygen atoms in total. The zero-order valence-corrected chi connectivity index (χ0v) is 14.9. The molecule has 3 atom stereocenters. The van der Waals surface area contributed by atoms with Crippen molar-refractivity contribution in [3.63, 3.8) is 0 Å². The van der Waals surface area contributed by atoms with Gasteiger partial charge in [-0.3, -0.25) is 9.59 Å². The summed E-state index contributed by atoms with van der Waals surface area (Å²) in [6, 6.07) is -1.35. The number of ketones is 1. The first-order valence-corrected chi connectivity index (χ1v) is 9.05. The van der Waals surface area contributed by atoms with Crippen LogP contribution in [0.5, 0.6) is 0 Å². The summed E-state index contributed by atoms with van der Waals surface area (Å²) in [4.78, 5) is 40.9. The smallest absolute Gasteiger partial charge is 0.318 e. The van der Waals surface area contributed by atoms with Crippen molar-refractivity contribution < 1.29 is 23.9 Å². The van der Waals surface area contributed by atoms with E-state index in [4.69, 9.17) is 9.47 Å². The van der Waals surface area contributed by atoms with Crippen molar-refractivity contribution in [2.24, 2.45) is 5.92 Å². The lowest BCUT2D eigenvalue weighted by Gasteiger charge is -2.32. The molecule has 0 spiro atoms. The molecule has 1 N–H and O–H groups in total. The van der Waals surface area contributed by atoms with Gasteiger partial charge in [0.05, 0.1) is 19.3 Å². The fraction of sp³-hybridized carbons (Fsp3) is 0.824. The molecule has 0 radical (unpaired) electrons. The minimum absolute atomic E-state index is 0.0429. The average molecular weight is 353 g/mol. The average Bonchev–Trinajstić information content (AvgIpc) is 3.17. The van der Waals surface area contributed by atoms with Crippen molar-refractivity contribution in [2.75, 3.05) is 39.5 Å². The number of carbonyl (C=O) groups excluding carboxylic acids is 3. The highest BCUT2D eigenvalue weighted by molar-refractivity contribution is 5.95. The number of carbonyl (C=O) groups is 3. The standard InChI is InChI=1S/C17H27N3O5/c1-11(2)9-12(18-17(23)19-5-7-24-8-6-19)16(22)20-4-3-14-15(20)13(21)10-25-14/h11-12,14-15H,3-10H2,1-2H3,(H,18,23)/t12-,14+,15+/m0/s1. The Morgan fingerprint density at radius 2 is 1.96 bits per heavy atom. The van der Waals surface area contributed by atoms with Gasteiger partial charge in [-0.2, -0.15) is 0 Å². The Bertz CT molecular complexity index is 532. The monoisotopic (exact) mass is 353 g/mol. The lowest BCUT2D eigenvalue weighted by Crippen LogP contribution is -2.56. The molecule has 0 aromatic rings. The molecule has 0 aliphatic carbocycles. The molecule has 0 aromatic carbocycles. The van der Waals surface area contributed by atoms with Crippen LogP contribution in [-0.4, -0.2) is 85.2 Å². The van der Waals surface area contributed by atoms with Crippen LogP contribution in [0, 0.1) is 5.92 Å². The minimum Gasteiger partial charge on any atom is -0.378 e. The van der Waals surface area contributed by atoms with Gasteiger partial charge >= 0.3 is 6.03 Å². The van der Waals surface area contributed by atoms with Crippen molar-refractivity contribution in [1.82, 2.24) is 15.1 Å². The normalized spacial score (nSPS) is 27.6. The molecule has 25 heavy (non-hydrogen) atoms. The lowest BCUT2D eigenvalue weighted by molar-refractivity contribution is -0.138. The topological polar surface area (TPSA) is 88.2 Å². The zero-order chi connectivity index (χ0) is 18.0.